The number of nitrogens with two attached hydrogens (primary N) is 1. The smallest absolute Gasteiger partial charge is 0.293 e. The van der Waals surface area contributed by atoms with Gasteiger partial charge in [0.05, 0.1) is 10.5 Å². The minimum atomic E-state index is -0.908. The summed E-state index contributed by atoms with van der Waals surface area (Å²) in [5.74, 6) is -0.146. The van der Waals surface area contributed by atoms with Gasteiger partial charge in [0.1, 0.15) is 17.5 Å². The van der Waals surface area contributed by atoms with E-state index in [9.17, 15) is 14.9 Å². The molecule has 0 amide bonds. The first kappa shape index (κ1) is 13.6. The second-order valence-electron chi connectivity index (χ2n) is 4.47. The molecule has 0 radical (unpaired) electrons. The van der Waals surface area contributed by atoms with Gasteiger partial charge in [-0.2, -0.15) is 5.26 Å². The zero-order chi connectivity index (χ0) is 14.1. The van der Waals surface area contributed by atoms with Gasteiger partial charge in [-0.25, -0.2) is 0 Å². The quantitative estimate of drug-likeness (QED) is 0.498. The summed E-state index contributed by atoms with van der Waals surface area (Å²) in [7, 11) is 0. The lowest BCUT2D eigenvalue weighted by molar-refractivity contribution is -0.383. The molecule has 6 heteroatoms. The third-order valence-corrected chi connectivity index (χ3v) is 3.08. The number of nitro groups is 1. The molecule has 1 aromatic carbocycles. The van der Waals surface area contributed by atoms with Gasteiger partial charge >= 0.3 is 0 Å². The highest BCUT2D eigenvalue weighted by atomic mass is 16.6. The summed E-state index contributed by atoms with van der Waals surface area (Å²) < 4.78 is 0. The third kappa shape index (κ3) is 2.02. The van der Waals surface area contributed by atoms with Crippen LogP contribution in [0.3, 0.4) is 0 Å². The molecule has 0 heterocycles. The van der Waals surface area contributed by atoms with E-state index < -0.39 is 10.3 Å². The molecule has 1 aromatic rings. The van der Waals surface area contributed by atoms with Gasteiger partial charge in [-0.3, -0.25) is 14.9 Å². The number of nitrogen functional groups attached to an aromatic ring is 1. The molecular formula is C12H13N3O3. The number of rotatable bonds is 3. The van der Waals surface area contributed by atoms with Crippen LogP contribution in [0.1, 0.15) is 31.9 Å². The van der Waals surface area contributed by atoms with Crippen LogP contribution in [-0.4, -0.2) is 10.7 Å². The first-order chi connectivity index (χ1) is 8.23. The number of carbonyl (C=O) groups excluding carboxylic acids is 1. The van der Waals surface area contributed by atoms with Crippen LogP contribution in [0.5, 0.6) is 0 Å². The average Bonchev–Trinajstić information content (AvgIpc) is 2.27. The molecule has 0 aromatic heterocycles. The SMILES string of the molecule is CC(=O)C(C)(C)c1ccc([N+](=O)[O-])c(N)c1C#N. The number of nitro benzene ring substituents is 1. The molecule has 6 nitrogen and oxygen atoms in total. The van der Waals surface area contributed by atoms with E-state index in [-0.39, 0.29) is 22.7 Å². The van der Waals surface area contributed by atoms with Gasteiger partial charge in [-0.1, -0.05) is 0 Å². The Bertz CT molecular complexity index is 571. The first-order valence-electron chi connectivity index (χ1n) is 5.22. The van der Waals surface area contributed by atoms with Crippen molar-refractivity contribution in [1.29, 1.82) is 5.26 Å². The molecule has 0 unspecified atom stereocenters. The van der Waals surface area contributed by atoms with Crippen LogP contribution in [-0.2, 0) is 10.2 Å². The van der Waals surface area contributed by atoms with Crippen LogP contribution >= 0.6 is 0 Å². The van der Waals surface area contributed by atoms with Crippen molar-refractivity contribution >= 4 is 17.2 Å². The fraction of sp³-hybridized carbons (Fsp3) is 0.333. The summed E-state index contributed by atoms with van der Waals surface area (Å²) in [5, 5.41) is 19.8. The maximum Gasteiger partial charge on any atom is 0.293 e. The molecule has 0 saturated heterocycles. The molecule has 0 aliphatic carbocycles. The highest BCUT2D eigenvalue weighted by Gasteiger charge is 2.31. The van der Waals surface area contributed by atoms with Gasteiger partial charge in [-0.05, 0) is 32.4 Å². The van der Waals surface area contributed by atoms with Crippen LogP contribution in [0.4, 0.5) is 11.4 Å². The van der Waals surface area contributed by atoms with Gasteiger partial charge in [0.2, 0.25) is 0 Å². The van der Waals surface area contributed by atoms with Gasteiger partial charge in [0, 0.05) is 11.5 Å². The summed E-state index contributed by atoms with van der Waals surface area (Å²) in [6.07, 6.45) is 0. The van der Waals surface area contributed by atoms with E-state index in [1.165, 1.54) is 19.1 Å². The molecule has 0 spiro atoms. The monoisotopic (exact) mass is 247 g/mol. The normalized spacial score (nSPS) is 10.8. The predicted octanol–water partition coefficient (Wildman–Crippen LogP) is 1.92. The maximum atomic E-state index is 11.6. The molecule has 2 N–H and O–H groups in total. The van der Waals surface area contributed by atoms with E-state index >= 15 is 0 Å². The van der Waals surface area contributed by atoms with E-state index in [4.69, 9.17) is 11.0 Å². The Morgan fingerprint density at radius 2 is 2.06 bits per heavy atom. The number of ketones is 1. The lowest BCUT2D eigenvalue weighted by atomic mass is 9.78. The number of anilines is 1. The zero-order valence-electron chi connectivity index (χ0n) is 10.4. The Morgan fingerprint density at radius 3 is 2.44 bits per heavy atom. The van der Waals surface area contributed by atoms with E-state index in [2.05, 4.69) is 0 Å². The summed E-state index contributed by atoms with van der Waals surface area (Å²) >= 11 is 0. The average molecular weight is 247 g/mol. The largest absolute Gasteiger partial charge is 0.392 e. The van der Waals surface area contributed by atoms with Crippen LogP contribution < -0.4 is 5.73 Å². The second kappa shape index (κ2) is 4.45. The predicted molar refractivity (Wildman–Crippen MR) is 65.9 cm³/mol. The van der Waals surface area contributed by atoms with Gasteiger partial charge in [0.25, 0.3) is 5.69 Å². The minimum absolute atomic E-state index is 0.00981. The van der Waals surface area contributed by atoms with Crippen molar-refractivity contribution in [1.82, 2.24) is 0 Å². The first-order valence-corrected chi connectivity index (χ1v) is 5.22. The van der Waals surface area contributed by atoms with Crippen molar-refractivity contribution in [2.75, 3.05) is 5.73 Å². The lowest BCUT2D eigenvalue weighted by Gasteiger charge is -2.23. The summed E-state index contributed by atoms with van der Waals surface area (Å²) in [6.45, 7) is 4.70. The van der Waals surface area contributed by atoms with E-state index in [0.29, 0.717) is 5.56 Å². The maximum absolute atomic E-state index is 11.6. The lowest BCUT2D eigenvalue weighted by Crippen LogP contribution is -2.28. The van der Waals surface area contributed by atoms with Crippen LogP contribution in [0.25, 0.3) is 0 Å². The summed E-state index contributed by atoms with van der Waals surface area (Å²) in [5.41, 5.74) is 4.58. The molecule has 0 aliphatic rings. The Labute approximate surface area is 104 Å². The van der Waals surface area contributed by atoms with Crippen molar-refractivity contribution in [3.63, 3.8) is 0 Å². The Balaban J connectivity index is 3.61. The Hall–Kier alpha value is -2.42. The topological polar surface area (TPSA) is 110 Å². The van der Waals surface area contributed by atoms with E-state index in [0.717, 1.165) is 0 Å². The van der Waals surface area contributed by atoms with E-state index in [1.54, 1.807) is 13.8 Å². The molecule has 0 bridgehead atoms. The summed E-state index contributed by atoms with van der Waals surface area (Å²) in [4.78, 5) is 21.7. The van der Waals surface area contributed by atoms with Gasteiger partial charge in [-0.15, -0.1) is 0 Å². The molecule has 0 atom stereocenters. The molecular weight excluding hydrogens is 234 g/mol. The second-order valence-corrected chi connectivity index (χ2v) is 4.47. The Morgan fingerprint density at radius 1 is 1.50 bits per heavy atom. The van der Waals surface area contributed by atoms with Crippen LogP contribution in [0, 0.1) is 21.4 Å². The Kier molecular flexibility index (Phi) is 3.37. The number of hydrogen-bond donors (Lipinski definition) is 1. The highest BCUT2D eigenvalue weighted by Crippen LogP contribution is 2.34. The highest BCUT2D eigenvalue weighted by molar-refractivity contribution is 5.89. The molecule has 1 rings (SSSR count). The molecule has 0 saturated carbocycles. The molecule has 0 fully saturated rings. The standard InChI is InChI=1S/C12H13N3O3/c1-7(16)12(2,3)9-4-5-10(15(17)18)11(14)8(9)6-13/h4-5H,14H2,1-3H3. The van der Waals surface area contributed by atoms with Crippen molar-refractivity contribution in [3.05, 3.63) is 33.4 Å². The fourth-order valence-electron chi connectivity index (χ4n) is 1.60. The van der Waals surface area contributed by atoms with E-state index in [1.807, 2.05) is 6.07 Å². The minimum Gasteiger partial charge on any atom is -0.392 e. The van der Waals surface area contributed by atoms with Crippen molar-refractivity contribution in [3.8, 4) is 6.07 Å². The molecule has 94 valence electrons. The van der Waals surface area contributed by atoms with Crippen LogP contribution in [0.2, 0.25) is 0 Å². The fourth-order valence-corrected chi connectivity index (χ4v) is 1.60. The number of hydrogen-bond acceptors (Lipinski definition) is 5. The van der Waals surface area contributed by atoms with Crippen LogP contribution in [0.15, 0.2) is 12.1 Å². The van der Waals surface area contributed by atoms with Crippen molar-refractivity contribution < 1.29 is 9.72 Å². The zero-order valence-corrected chi connectivity index (χ0v) is 10.4. The number of nitriles is 1. The summed E-state index contributed by atoms with van der Waals surface area (Å²) in [6, 6.07) is 4.47. The van der Waals surface area contributed by atoms with Crippen molar-refractivity contribution in [2.24, 2.45) is 0 Å². The van der Waals surface area contributed by atoms with Gasteiger partial charge < -0.3 is 5.73 Å². The number of nitrogens with zero attached hydrogens (tertiary/aromatic N) is 2. The number of carbonyl (C=O) groups is 1. The third-order valence-electron chi connectivity index (χ3n) is 3.08. The van der Waals surface area contributed by atoms with Crippen molar-refractivity contribution in [2.45, 2.75) is 26.2 Å². The molecule has 18 heavy (non-hydrogen) atoms. The number of benzene rings is 1. The molecule has 0 aliphatic heterocycles. The van der Waals surface area contributed by atoms with Gasteiger partial charge in [0.15, 0.2) is 0 Å². The number of Topliss-reactive ketones (excluding diaryl/α,β-unsaturated/α-hetero) is 1.